The van der Waals surface area contributed by atoms with Crippen molar-refractivity contribution in [1.29, 1.82) is 0 Å². The molecule has 1 aliphatic carbocycles. The Hall–Kier alpha value is -0.800. The molecule has 3 nitrogen and oxygen atoms in total. The zero-order valence-corrected chi connectivity index (χ0v) is 11.0. The largest absolute Gasteiger partial charge is 0.472 e. The van der Waals surface area contributed by atoms with Crippen molar-refractivity contribution in [2.75, 3.05) is 13.6 Å². The molecular formula is C14H23NO2. The molecule has 2 unspecified atom stereocenters. The summed E-state index contributed by atoms with van der Waals surface area (Å²) in [5, 5.41) is 10.2. The number of furan rings is 1. The first-order chi connectivity index (χ1) is 7.99. The molecule has 0 aliphatic heterocycles. The molecule has 0 amide bonds. The molecule has 2 rings (SSSR count). The van der Waals surface area contributed by atoms with Crippen LogP contribution >= 0.6 is 0 Å². The lowest BCUT2D eigenvalue weighted by molar-refractivity contribution is 0.0348. The van der Waals surface area contributed by atoms with Crippen LogP contribution in [0, 0.1) is 11.3 Å². The summed E-state index contributed by atoms with van der Waals surface area (Å²) in [6.45, 7) is 6.16. The van der Waals surface area contributed by atoms with Crippen molar-refractivity contribution in [3.63, 3.8) is 0 Å². The van der Waals surface area contributed by atoms with Crippen LogP contribution in [0.25, 0.3) is 0 Å². The van der Waals surface area contributed by atoms with Gasteiger partial charge in [-0.15, -0.1) is 0 Å². The van der Waals surface area contributed by atoms with Gasteiger partial charge in [0.15, 0.2) is 0 Å². The summed E-state index contributed by atoms with van der Waals surface area (Å²) in [5.74, 6) is 0.405. The van der Waals surface area contributed by atoms with Crippen molar-refractivity contribution in [2.24, 2.45) is 11.3 Å². The molecule has 1 saturated carbocycles. The van der Waals surface area contributed by atoms with E-state index < -0.39 is 0 Å². The molecule has 0 bridgehead atoms. The molecule has 1 aromatic heterocycles. The summed E-state index contributed by atoms with van der Waals surface area (Å²) < 4.78 is 5.06. The van der Waals surface area contributed by atoms with Crippen molar-refractivity contribution in [1.82, 2.24) is 4.90 Å². The van der Waals surface area contributed by atoms with Gasteiger partial charge in [0.05, 0.1) is 18.6 Å². The van der Waals surface area contributed by atoms with Crippen LogP contribution in [0.2, 0.25) is 0 Å². The maximum atomic E-state index is 10.2. The second kappa shape index (κ2) is 4.83. The SMILES string of the molecule is CN(Cc1ccoc1)CC1CCC(C)(C)C1O. The van der Waals surface area contributed by atoms with Crippen LogP contribution in [0.4, 0.5) is 0 Å². The monoisotopic (exact) mass is 237 g/mol. The van der Waals surface area contributed by atoms with Gasteiger partial charge in [-0.1, -0.05) is 13.8 Å². The van der Waals surface area contributed by atoms with Crippen LogP contribution in [-0.2, 0) is 6.54 Å². The second-order valence-corrected chi connectivity index (χ2v) is 6.06. The number of hydrogen-bond acceptors (Lipinski definition) is 3. The van der Waals surface area contributed by atoms with E-state index >= 15 is 0 Å². The Bertz CT molecular complexity index is 345. The van der Waals surface area contributed by atoms with E-state index in [1.165, 1.54) is 5.56 Å². The number of aliphatic hydroxyl groups is 1. The summed E-state index contributed by atoms with van der Waals surface area (Å²) >= 11 is 0. The van der Waals surface area contributed by atoms with Crippen LogP contribution < -0.4 is 0 Å². The van der Waals surface area contributed by atoms with E-state index in [0.29, 0.717) is 5.92 Å². The average Bonchev–Trinajstić information content (AvgIpc) is 2.82. The number of hydrogen-bond donors (Lipinski definition) is 1. The molecule has 0 spiro atoms. The Morgan fingerprint density at radius 3 is 2.82 bits per heavy atom. The molecule has 2 atom stereocenters. The fourth-order valence-electron chi connectivity index (χ4n) is 2.85. The topological polar surface area (TPSA) is 36.6 Å². The van der Waals surface area contributed by atoms with Gasteiger partial charge in [-0.2, -0.15) is 0 Å². The normalized spacial score (nSPS) is 27.8. The number of nitrogens with zero attached hydrogens (tertiary/aromatic N) is 1. The smallest absolute Gasteiger partial charge is 0.0947 e. The summed E-state index contributed by atoms with van der Waals surface area (Å²) in [7, 11) is 2.10. The van der Waals surface area contributed by atoms with Gasteiger partial charge in [0.2, 0.25) is 0 Å². The highest BCUT2D eigenvalue weighted by molar-refractivity contribution is 5.04. The van der Waals surface area contributed by atoms with Gasteiger partial charge in [0.1, 0.15) is 0 Å². The van der Waals surface area contributed by atoms with E-state index in [2.05, 4.69) is 25.8 Å². The molecule has 3 heteroatoms. The Balaban J connectivity index is 1.85. The number of rotatable bonds is 4. The highest BCUT2D eigenvalue weighted by Crippen LogP contribution is 2.41. The Labute approximate surface area is 103 Å². The van der Waals surface area contributed by atoms with Gasteiger partial charge < -0.3 is 14.4 Å². The maximum absolute atomic E-state index is 10.2. The van der Waals surface area contributed by atoms with Gasteiger partial charge in [-0.3, -0.25) is 0 Å². The lowest BCUT2D eigenvalue weighted by atomic mass is 9.87. The molecule has 0 aromatic carbocycles. The van der Waals surface area contributed by atoms with Crippen LogP contribution in [0.1, 0.15) is 32.3 Å². The van der Waals surface area contributed by atoms with Crippen LogP contribution in [0.5, 0.6) is 0 Å². The zero-order valence-electron chi connectivity index (χ0n) is 11.0. The fourth-order valence-corrected chi connectivity index (χ4v) is 2.85. The molecule has 0 saturated heterocycles. The third-order valence-electron chi connectivity index (χ3n) is 3.99. The van der Waals surface area contributed by atoms with Crippen molar-refractivity contribution in [3.05, 3.63) is 24.2 Å². The fraction of sp³-hybridized carbons (Fsp3) is 0.714. The quantitative estimate of drug-likeness (QED) is 0.874. The van der Waals surface area contributed by atoms with E-state index in [1.54, 1.807) is 12.5 Å². The highest BCUT2D eigenvalue weighted by Gasteiger charge is 2.40. The van der Waals surface area contributed by atoms with E-state index in [9.17, 15) is 5.11 Å². The third kappa shape index (κ3) is 2.90. The summed E-state index contributed by atoms with van der Waals surface area (Å²) in [4.78, 5) is 2.26. The first kappa shape index (κ1) is 12.7. The average molecular weight is 237 g/mol. The van der Waals surface area contributed by atoms with Gasteiger partial charge in [0, 0.05) is 18.7 Å². The molecule has 1 fully saturated rings. The maximum Gasteiger partial charge on any atom is 0.0947 e. The van der Waals surface area contributed by atoms with Crippen molar-refractivity contribution >= 4 is 0 Å². The Morgan fingerprint density at radius 1 is 1.53 bits per heavy atom. The van der Waals surface area contributed by atoms with Crippen molar-refractivity contribution < 1.29 is 9.52 Å². The Morgan fingerprint density at radius 2 is 2.29 bits per heavy atom. The van der Waals surface area contributed by atoms with Crippen LogP contribution in [0.15, 0.2) is 23.0 Å². The van der Waals surface area contributed by atoms with Gasteiger partial charge >= 0.3 is 0 Å². The zero-order chi connectivity index (χ0) is 12.5. The van der Waals surface area contributed by atoms with Crippen LogP contribution in [0.3, 0.4) is 0 Å². The lowest BCUT2D eigenvalue weighted by Gasteiger charge is -2.28. The van der Waals surface area contributed by atoms with E-state index in [4.69, 9.17) is 4.42 Å². The molecule has 96 valence electrons. The lowest BCUT2D eigenvalue weighted by Crippen LogP contribution is -2.34. The minimum absolute atomic E-state index is 0.0845. The predicted octanol–water partition coefficient (Wildman–Crippen LogP) is 2.51. The first-order valence-corrected chi connectivity index (χ1v) is 6.37. The second-order valence-electron chi connectivity index (χ2n) is 6.06. The summed E-state index contributed by atoms with van der Waals surface area (Å²) in [6.07, 6.45) is 5.57. The van der Waals surface area contributed by atoms with Gasteiger partial charge in [0.25, 0.3) is 0 Å². The van der Waals surface area contributed by atoms with Crippen molar-refractivity contribution in [2.45, 2.75) is 39.3 Å². The molecule has 1 heterocycles. The third-order valence-corrected chi connectivity index (χ3v) is 3.99. The summed E-state index contributed by atoms with van der Waals surface area (Å²) in [5.41, 5.74) is 1.28. The van der Waals surface area contributed by atoms with Crippen LogP contribution in [-0.4, -0.2) is 29.7 Å². The van der Waals surface area contributed by atoms with E-state index in [0.717, 1.165) is 25.9 Å². The molecule has 0 radical (unpaired) electrons. The number of aliphatic hydroxyl groups excluding tert-OH is 1. The standard InChI is InChI=1S/C14H23NO2/c1-14(2)6-4-12(13(14)16)9-15(3)8-11-5-7-17-10-11/h5,7,10,12-13,16H,4,6,8-9H2,1-3H3. The van der Waals surface area contributed by atoms with Gasteiger partial charge in [-0.05, 0) is 37.3 Å². The molecule has 1 aromatic rings. The van der Waals surface area contributed by atoms with E-state index in [-0.39, 0.29) is 11.5 Å². The molecule has 17 heavy (non-hydrogen) atoms. The minimum Gasteiger partial charge on any atom is -0.472 e. The predicted molar refractivity (Wildman–Crippen MR) is 67.6 cm³/mol. The summed E-state index contributed by atoms with van der Waals surface area (Å²) in [6, 6.07) is 1.99. The Kier molecular flexibility index (Phi) is 3.59. The highest BCUT2D eigenvalue weighted by atomic mass is 16.3. The van der Waals surface area contributed by atoms with Gasteiger partial charge in [-0.25, -0.2) is 0 Å². The van der Waals surface area contributed by atoms with E-state index in [1.807, 2.05) is 6.07 Å². The molecular weight excluding hydrogens is 214 g/mol. The van der Waals surface area contributed by atoms with Crippen molar-refractivity contribution in [3.8, 4) is 0 Å². The molecule has 1 aliphatic rings. The minimum atomic E-state index is -0.172. The first-order valence-electron chi connectivity index (χ1n) is 6.37. The molecule has 1 N–H and O–H groups in total.